The molecule has 0 bridgehead atoms. The van der Waals surface area contributed by atoms with Gasteiger partial charge in [-0.3, -0.25) is 0 Å². The van der Waals surface area contributed by atoms with Gasteiger partial charge < -0.3 is 4.74 Å². The average Bonchev–Trinajstić information content (AvgIpc) is 2.43. The quantitative estimate of drug-likeness (QED) is 0.586. The SMILES string of the molecule is FC(F)(F)c1cc(Cl)nc(OCCCc2ccccc2)c1. The standard InChI is InChI=1S/C15H13ClF3NO/c16-13-9-12(15(17,18)19)10-14(20-13)21-8-4-7-11-5-2-1-3-6-11/h1-3,5-6,9-10H,4,7-8H2. The summed E-state index contributed by atoms with van der Waals surface area (Å²) in [7, 11) is 0. The molecule has 0 amide bonds. The lowest BCUT2D eigenvalue weighted by atomic mass is 10.1. The van der Waals surface area contributed by atoms with Crippen LogP contribution in [0.1, 0.15) is 17.5 Å². The van der Waals surface area contributed by atoms with Crippen LogP contribution in [0, 0.1) is 0 Å². The van der Waals surface area contributed by atoms with E-state index in [1.165, 1.54) is 0 Å². The van der Waals surface area contributed by atoms with E-state index < -0.39 is 11.7 Å². The van der Waals surface area contributed by atoms with E-state index in [-0.39, 0.29) is 17.6 Å². The van der Waals surface area contributed by atoms with Gasteiger partial charge in [0.1, 0.15) is 5.15 Å². The summed E-state index contributed by atoms with van der Waals surface area (Å²) in [5.74, 6) is -0.108. The molecule has 0 aliphatic rings. The first kappa shape index (κ1) is 15.6. The summed E-state index contributed by atoms with van der Waals surface area (Å²) in [6, 6.07) is 11.4. The van der Waals surface area contributed by atoms with Gasteiger partial charge in [-0.1, -0.05) is 41.9 Å². The Morgan fingerprint density at radius 2 is 1.81 bits per heavy atom. The zero-order chi connectivity index (χ0) is 15.3. The van der Waals surface area contributed by atoms with E-state index in [4.69, 9.17) is 16.3 Å². The minimum Gasteiger partial charge on any atom is -0.478 e. The number of aryl methyl sites for hydroxylation is 1. The van der Waals surface area contributed by atoms with Crippen LogP contribution < -0.4 is 4.74 Å². The maximum absolute atomic E-state index is 12.6. The number of hydrogen-bond donors (Lipinski definition) is 0. The number of benzene rings is 1. The van der Waals surface area contributed by atoms with Crippen molar-refractivity contribution in [3.8, 4) is 5.88 Å². The van der Waals surface area contributed by atoms with Crippen molar-refractivity contribution in [2.24, 2.45) is 0 Å². The van der Waals surface area contributed by atoms with Gasteiger partial charge >= 0.3 is 6.18 Å². The van der Waals surface area contributed by atoms with Gasteiger partial charge in [-0.2, -0.15) is 13.2 Å². The molecule has 0 saturated carbocycles. The molecule has 0 saturated heterocycles. The molecule has 0 N–H and O–H groups in total. The van der Waals surface area contributed by atoms with Crippen molar-refractivity contribution in [1.29, 1.82) is 0 Å². The molecule has 1 heterocycles. The maximum atomic E-state index is 12.6. The molecule has 112 valence electrons. The molecule has 0 spiro atoms. The second-order valence-corrected chi connectivity index (χ2v) is 4.84. The normalized spacial score (nSPS) is 11.4. The molecule has 0 unspecified atom stereocenters. The molecular weight excluding hydrogens is 303 g/mol. The first-order valence-electron chi connectivity index (χ1n) is 6.36. The highest BCUT2D eigenvalue weighted by Crippen LogP contribution is 2.32. The van der Waals surface area contributed by atoms with Crippen LogP contribution in [0.2, 0.25) is 5.15 Å². The monoisotopic (exact) mass is 315 g/mol. The van der Waals surface area contributed by atoms with E-state index in [0.717, 1.165) is 24.1 Å². The van der Waals surface area contributed by atoms with Crippen LogP contribution in [0.3, 0.4) is 0 Å². The number of halogens is 4. The fourth-order valence-corrected chi connectivity index (χ4v) is 2.01. The Labute approximate surface area is 125 Å². The van der Waals surface area contributed by atoms with Crippen LogP contribution in [0.5, 0.6) is 5.88 Å². The van der Waals surface area contributed by atoms with E-state index >= 15 is 0 Å². The Balaban J connectivity index is 1.90. The van der Waals surface area contributed by atoms with E-state index in [9.17, 15) is 13.2 Å². The predicted octanol–water partition coefficient (Wildman–Crippen LogP) is 4.77. The van der Waals surface area contributed by atoms with Crippen molar-refractivity contribution < 1.29 is 17.9 Å². The molecule has 0 aliphatic heterocycles. The van der Waals surface area contributed by atoms with Gasteiger partial charge in [0.2, 0.25) is 5.88 Å². The lowest BCUT2D eigenvalue weighted by Crippen LogP contribution is -2.07. The molecule has 6 heteroatoms. The highest BCUT2D eigenvalue weighted by molar-refractivity contribution is 6.29. The molecule has 1 aromatic carbocycles. The number of rotatable bonds is 5. The third-order valence-corrected chi connectivity index (χ3v) is 2.99. The topological polar surface area (TPSA) is 22.1 Å². The summed E-state index contributed by atoms with van der Waals surface area (Å²) in [6.07, 6.45) is -3.00. The number of nitrogens with zero attached hydrogens (tertiary/aromatic N) is 1. The van der Waals surface area contributed by atoms with Crippen LogP contribution in [0.25, 0.3) is 0 Å². The van der Waals surface area contributed by atoms with Crippen LogP contribution in [-0.2, 0) is 12.6 Å². The maximum Gasteiger partial charge on any atom is 0.416 e. The number of hydrogen-bond acceptors (Lipinski definition) is 2. The fourth-order valence-electron chi connectivity index (χ4n) is 1.81. The summed E-state index contributed by atoms with van der Waals surface area (Å²) in [5, 5.41) is -0.233. The summed E-state index contributed by atoms with van der Waals surface area (Å²) in [6.45, 7) is 0.277. The summed E-state index contributed by atoms with van der Waals surface area (Å²) < 4.78 is 43.1. The molecule has 2 rings (SSSR count). The van der Waals surface area contributed by atoms with E-state index in [2.05, 4.69) is 4.98 Å². The highest BCUT2D eigenvalue weighted by Gasteiger charge is 2.31. The van der Waals surface area contributed by atoms with Crippen molar-refractivity contribution in [2.75, 3.05) is 6.61 Å². The Kier molecular flexibility index (Phi) is 5.07. The third-order valence-electron chi connectivity index (χ3n) is 2.80. The van der Waals surface area contributed by atoms with Gasteiger partial charge in [0.25, 0.3) is 0 Å². The minimum absolute atomic E-state index is 0.108. The van der Waals surface area contributed by atoms with Gasteiger partial charge in [-0.05, 0) is 24.5 Å². The lowest BCUT2D eigenvalue weighted by molar-refractivity contribution is -0.137. The Bertz CT molecular complexity index is 587. The number of aromatic nitrogens is 1. The Morgan fingerprint density at radius 1 is 1.10 bits per heavy atom. The largest absolute Gasteiger partial charge is 0.478 e. The minimum atomic E-state index is -4.46. The smallest absolute Gasteiger partial charge is 0.416 e. The average molecular weight is 316 g/mol. The van der Waals surface area contributed by atoms with Crippen molar-refractivity contribution in [3.63, 3.8) is 0 Å². The fraction of sp³-hybridized carbons (Fsp3) is 0.267. The van der Waals surface area contributed by atoms with Crippen molar-refractivity contribution in [3.05, 3.63) is 58.7 Å². The molecular formula is C15H13ClF3NO. The number of alkyl halides is 3. The van der Waals surface area contributed by atoms with Crippen LogP contribution in [0.15, 0.2) is 42.5 Å². The van der Waals surface area contributed by atoms with E-state index in [1.807, 2.05) is 30.3 Å². The van der Waals surface area contributed by atoms with Gasteiger partial charge in [-0.15, -0.1) is 0 Å². The zero-order valence-electron chi connectivity index (χ0n) is 11.0. The van der Waals surface area contributed by atoms with Gasteiger partial charge in [0.15, 0.2) is 0 Å². The van der Waals surface area contributed by atoms with Crippen LogP contribution in [-0.4, -0.2) is 11.6 Å². The van der Waals surface area contributed by atoms with Gasteiger partial charge in [0.05, 0.1) is 12.2 Å². The number of ether oxygens (including phenoxy) is 1. The van der Waals surface area contributed by atoms with Crippen molar-refractivity contribution in [2.45, 2.75) is 19.0 Å². The molecule has 1 aromatic heterocycles. The summed E-state index contributed by atoms with van der Waals surface area (Å²) in [4.78, 5) is 3.74. The summed E-state index contributed by atoms with van der Waals surface area (Å²) >= 11 is 5.57. The summed E-state index contributed by atoms with van der Waals surface area (Å²) in [5.41, 5.74) is 0.289. The van der Waals surface area contributed by atoms with Gasteiger partial charge in [0, 0.05) is 6.07 Å². The van der Waals surface area contributed by atoms with Crippen LogP contribution in [0.4, 0.5) is 13.2 Å². The van der Waals surface area contributed by atoms with Crippen molar-refractivity contribution >= 4 is 11.6 Å². The Morgan fingerprint density at radius 3 is 2.48 bits per heavy atom. The molecule has 0 aliphatic carbocycles. The molecule has 0 fully saturated rings. The second-order valence-electron chi connectivity index (χ2n) is 4.45. The van der Waals surface area contributed by atoms with Crippen LogP contribution >= 0.6 is 11.6 Å². The zero-order valence-corrected chi connectivity index (χ0v) is 11.8. The molecule has 0 atom stereocenters. The Hall–Kier alpha value is -1.75. The second kappa shape index (κ2) is 6.80. The van der Waals surface area contributed by atoms with E-state index in [1.54, 1.807) is 0 Å². The lowest BCUT2D eigenvalue weighted by Gasteiger charge is -2.10. The number of pyridine rings is 1. The molecule has 2 nitrogen and oxygen atoms in total. The molecule has 0 radical (unpaired) electrons. The third kappa shape index (κ3) is 4.93. The first-order valence-corrected chi connectivity index (χ1v) is 6.74. The predicted molar refractivity (Wildman–Crippen MR) is 74.5 cm³/mol. The highest BCUT2D eigenvalue weighted by atomic mass is 35.5. The van der Waals surface area contributed by atoms with E-state index in [0.29, 0.717) is 6.42 Å². The first-order chi connectivity index (χ1) is 9.95. The van der Waals surface area contributed by atoms with Gasteiger partial charge in [-0.25, -0.2) is 4.98 Å². The molecule has 21 heavy (non-hydrogen) atoms. The molecule has 2 aromatic rings. The van der Waals surface area contributed by atoms with Crippen molar-refractivity contribution in [1.82, 2.24) is 4.98 Å².